The van der Waals surface area contributed by atoms with E-state index in [9.17, 15) is 9.18 Å². The molecule has 98 valence electrons. The lowest BCUT2D eigenvalue weighted by molar-refractivity contribution is -0.127. The Labute approximate surface area is 107 Å². The van der Waals surface area contributed by atoms with Gasteiger partial charge in [0, 0.05) is 25.6 Å². The maximum absolute atomic E-state index is 12.8. The van der Waals surface area contributed by atoms with Gasteiger partial charge in [-0.1, -0.05) is 25.5 Å². The second-order valence-corrected chi connectivity index (χ2v) is 4.94. The molecule has 18 heavy (non-hydrogen) atoms. The van der Waals surface area contributed by atoms with Crippen LogP contribution in [0.4, 0.5) is 4.39 Å². The predicted molar refractivity (Wildman–Crippen MR) is 68.3 cm³/mol. The fourth-order valence-electron chi connectivity index (χ4n) is 2.36. The molecule has 0 radical (unpaired) electrons. The van der Waals surface area contributed by atoms with Gasteiger partial charge in [-0.05, 0) is 23.6 Å². The third-order valence-electron chi connectivity index (χ3n) is 3.59. The maximum Gasteiger partial charge on any atom is 0.222 e. The van der Waals surface area contributed by atoms with E-state index in [2.05, 4.69) is 6.92 Å². The summed E-state index contributed by atoms with van der Waals surface area (Å²) in [4.78, 5) is 13.6. The van der Waals surface area contributed by atoms with E-state index in [0.29, 0.717) is 18.9 Å². The largest absolute Gasteiger partial charge is 0.340 e. The molecule has 0 aromatic heterocycles. The number of rotatable bonds is 4. The van der Waals surface area contributed by atoms with Crippen LogP contribution in [0.2, 0.25) is 0 Å². The zero-order chi connectivity index (χ0) is 13.1. The van der Waals surface area contributed by atoms with E-state index < -0.39 is 0 Å². The van der Waals surface area contributed by atoms with Crippen molar-refractivity contribution in [3.8, 4) is 0 Å². The standard InChI is InChI=1S/C14H19FN2O/c1-2-10-7-14(18)17(8-10)9-13(16)11-3-5-12(15)6-4-11/h3-6,10,13H,2,7-9,16H2,1H3. The number of carbonyl (C=O) groups excluding carboxylic acids is 1. The van der Waals surface area contributed by atoms with Gasteiger partial charge in [-0.25, -0.2) is 4.39 Å². The summed E-state index contributed by atoms with van der Waals surface area (Å²) >= 11 is 0. The highest BCUT2D eigenvalue weighted by Gasteiger charge is 2.29. The van der Waals surface area contributed by atoms with E-state index in [1.165, 1.54) is 12.1 Å². The first-order chi connectivity index (χ1) is 8.60. The van der Waals surface area contributed by atoms with Gasteiger partial charge < -0.3 is 10.6 Å². The monoisotopic (exact) mass is 250 g/mol. The number of carbonyl (C=O) groups is 1. The van der Waals surface area contributed by atoms with Crippen LogP contribution in [-0.4, -0.2) is 23.9 Å². The summed E-state index contributed by atoms with van der Waals surface area (Å²) in [6.07, 6.45) is 1.65. The molecule has 1 aliphatic heterocycles. The van der Waals surface area contributed by atoms with Gasteiger partial charge in [0.05, 0.1) is 0 Å². The highest BCUT2D eigenvalue weighted by Crippen LogP contribution is 2.22. The van der Waals surface area contributed by atoms with Crippen molar-refractivity contribution >= 4 is 5.91 Å². The summed E-state index contributed by atoms with van der Waals surface area (Å²) in [6.45, 7) is 3.41. The minimum Gasteiger partial charge on any atom is -0.340 e. The van der Waals surface area contributed by atoms with Gasteiger partial charge in [-0.3, -0.25) is 4.79 Å². The number of amides is 1. The molecule has 1 aliphatic rings. The molecule has 4 heteroatoms. The fourth-order valence-corrected chi connectivity index (χ4v) is 2.36. The Hall–Kier alpha value is -1.42. The molecule has 0 bridgehead atoms. The summed E-state index contributed by atoms with van der Waals surface area (Å²) in [5, 5.41) is 0. The van der Waals surface area contributed by atoms with Gasteiger partial charge in [-0.2, -0.15) is 0 Å². The molecule has 1 aromatic carbocycles. The zero-order valence-electron chi connectivity index (χ0n) is 10.6. The minimum atomic E-state index is -0.269. The first-order valence-corrected chi connectivity index (χ1v) is 6.39. The predicted octanol–water partition coefficient (Wildman–Crippen LogP) is 2.08. The van der Waals surface area contributed by atoms with Gasteiger partial charge in [-0.15, -0.1) is 0 Å². The van der Waals surface area contributed by atoms with E-state index in [-0.39, 0.29) is 17.8 Å². The summed E-state index contributed by atoms with van der Waals surface area (Å²) < 4.78 is 12.8. The molecule has 1 fully saturated rings. The summed E-state index contributed by atoms with van der Waals surface area (Å²) in [6, 6.07) is 5.91. The van der Waals surface area contributed by atoms with E-state index in [1.807, 2.05) is 4.90 Å². The maximum atomic E-state index is 12.8. The summed E-state index contributed by atoms with van der Waals surface area (Å²) in [7, 11) is 0. The van der Waals surface area contributed by atoms with Gasteiger partial charge in [0.2, 0.25) is 5.91 Å². The summed E-state index contributed by atoms with van der Waals surface area (Å²) in [5.74, 6) is 0.367. The summed E-state index contributed by atoms with van der Waals surface area (Å²) in [5.41, 5.74) is 6.92. The first kappa shape index (κ1) is 13.0. The van der Waals surface area contributed by atoms with Crippen LogP contribution in [0, 0.1) is 11.7 Å². The van der Waals surface area contributed by atoms with Crippen molar-refractivity contribution < 1.29 is 9.18 Å². The third kappa shape index (κ3) is 2.88. The Morgan fingerprint density at radius 3 is 2.67 bits per heavy atom. The Morgan fingerprint density at radius 1 is 1.44 bits per heavy atom. The minimum absolute atomic E-state index is 0.180. The highest BCUT2D eigenvalue weighted by atomic mass is 19.1. The van der Waals surface area contributed by atoms with Crippen molar-refractivity contribution in [3.05, 3.63) is 35.6 Å². The van der Waals surface area contributed by atoms with Crippen LogP contribution >= 0.6 is 0 Å². The van der Waals surface area contributed by atoms with Gasteiger partial charge in [0.1, 0.15) is 5.82 Å². The molecule has 0 aliphatic carbocycles. The Morgan fingerprint density at radius 2 is 2.11 bits per heavy atom. The second-order valence-electron chi connectivity index (χ2n) is 4.94. The van der Waals surface area contributed by atoms with Gasteiger partial charge >= 0.3 is 0 Å². The van der Waals surface area contributed by atoms with Crippen molar-refractivity contribution in [2.24, 2.45) is 11.7 Å². The van der Waals surface area contributed by atoms with Crippen LogP contribution in [0.5, 0.6) is 0 Å². The lowest BCUT2D eigenvalue weighted by Gasteiger charge is -2.21. The smallest absolute Gasteiger partial charge is 0.222 e. The number of benzene rings is 1. The molecular weight excluding hydrogens is 231 g/mol. The average Bonchev–Trinajstić information content (AvgIpc) is 2.71. The third-order valence-corrected chi connectivity index (χ3v) is 3.59. The zero-order valence-corrected chi connectivity index (χ0v) is 10.6. The molecule has 1 amide bonds. The van der Waals surface area contributed by atoms with Crippen LogP contribution in [0.15, 0.2) is 24.3 Å². The molecule has 1 heterocycles. The van der Waals surface area contributed by atoms with Gasteiger partial charge in [0.15, 0.2) is 0 Å². The van der Waals surface area contributed by atoms with Crippen LogP contribution in [0.3, 0.4) is 0 Å². The molecule has 0 saturated carbocycles. The normalized spacial score (nSPS) is 21.4. The second kappa shape index (κ2) is 5.48. The number of nitrogens with zero attached hydrogens (tertiary/aromatic N) is 1. The van der Waals surface area contributed by atoms with Crippen molar-refractivity contribution in [1.82, 2.24) is 4.90 Å². The number of halogens is 1. The lowest BCUT2D eigenvalue weighted by atomic mass is 10.1. The highest BCUT2D eigenvalue weighted by molar-refractivity contribution is 5.78. The number of hydrogen-bond donors (Lipinski definition) is 1. The van der Waals surface area contributed by atoms with E-state index >= 15 is 0 Å². The number of likely N-dealkylation sites (tertiary alicyclic amines) is 1. The molecule has 2 N–H and O–H groups in total. The molecule has 3 nitrogen and oxygen atoms in total. The van der Waals surface area contributed by atoms with E-state index in [0.717, 1.165) is 18.5 Å². The molecule has 2 rings (SSSR count). The van der Waals surface area contributed by atoms with E-state index in [1.54, 1.807) is 12.1 Å². The van der Waals surface area contributed by atoms with Crippen molar-refractivity contribution in [1.29, 1.82) is 0 Å². The molecule has 1 aromatic rings. The topological polar surface area (TPSA) is 46.3 Å². The lowest BCUT2D eigenvalue weighted by Crippen LogP contribution is -2.33. The molecular formula is C14H19FN2O. The van der Waals surface area contributed by atoms with Crippen LogP contribution in [-0.2, 0) is 4.79 Å². The molecule has 2 atom stereocenters. The van der Waals surface area contributed by atoms with Crippen molar-refractivity contribution in [2.75, 3.05) is 13.1 Å². The van der Waals surface area contributed by atoms with Gasteiger partial charge in [0.25, 0.3) is 0 Å². The quantitative estimate of drug-likeness (QED) is 0.889. The van der Waals surface area contributed by atoms with Crippen LogP contribution in [0.1, 0.15) is 31.4 Å². The van der Waals surface area contributed by atoms with E-state index in [4.69, 9.17) is 5.73 Å². The number of hydrogen-bond acceptors (Lipinski definition) is 2. The Kier molecular flexibility index (Phi) is 3.97. The van der Waals surface area contributed by atoms with Crippen LogP contribution in [0.25, 0.3) is 0 Å². The van der Waals surface area contributed by atoms with Crippen molar-refractivity contribution in [2.45, 2.75) is 25.8 Å². The first-order valence-electron chi connectivity index (χ1n) is 6.39. The van der Waals surface area contributed by atoms with Crippen LogP contribution < -0.4 is 5.73 Å². The molecule has 0 spiro atoms. The number of nitrogens with two attached hydrogens (primary N) is 1. The molecule has 1 saturated heterocycles. The average molecular weight is 250 g/mol. The molecule has 2 unspecified atom stereocenters. The Balaban J connectivity index is 1.97. The van der Waals surface area contributed by atoms with Crippen molar-refractivity contribution in [3.63, 3.8) is 0 Å². The Bertz CT molecular complexity index is 418. The SMILES string of the molecule is CCC1CC(=O)N(CC(N)c2ccc(F)cc2)C1. The fraction of sp³-hybridized carbons (Fsp3) is 0.500.